The van der Waals surface area contributed by atoms with Gasteiger partial charge in [-0.05, 0) is 30.0 Å². The summed E-state index contributed by atoms with van der Waals surface area (Å²) in [4.78, 5) is 4.61. The zero-order valence-electron chi connectivity index (χ0n) is 10.8. The Labute approximate surface area is 103 Å². The van der Waals surface area contributed by atoms with Gasteiger partial charge in [0.25, 0.3) is 0 Å². The van der Waals surface area contributed by atoms with Crippen molar-refractivity contribution in [3.63, 3.8) is 0 Å². The first-order valence-corrected chi connectivity index (χ1v) is 6.07. The van der Waals surface area contributed by atoms with Crippen LogP contribution in [0.5, 0.6) is 0 Å². The summed E-state index contributed by atoms with van der Waals surface area (Å²) in [6, 6.07) is 12.4. The Morgan fingerprint density at radius 3 is 2.59 bits per heavy atom. The second-order valence-corrected chi connectivity index (χ2v) is 5.60. The summed E-state index contributed by atoms with van der Waals surface area (Å²) in [5.41, 5.74) is 2.44. The molecule has 0 saturated carbocycles. The Morgan fingerprint density at radius 2 is 1.82 bits per heavy atom. The molecule has 0 aliphatic rings. The minimum atomic E-state index is 0.341. The predicted octanol–water partition coefficient (Wildman–Crippen LogP) is 4.68. The molecule has 0 N–H and O–H groups in total. The van der Waals surface area contributed by atoms with Crippen molar-refractivity contribution in [3.05, 3.63) is 48.2 Å². The molecule has 2 rings (SSSR count). The molecular formula is C16H19N. The van der Waals surface area contributed by atoms with E-state index in [4.69, 9.17) is 0 Å². The third-order valence-electron chi connectivity index (χ3n) is 2.64. The lowest BCUT2D eigenvalue weighted by Gasteiger charge is -2.14. The van der Waals surface area contributed by atoms with Crippen molar-refractivity contribution >= 4 is 17.0 Å². The molecule has 0 aliphatic heterocycles. The van der Waals surface area contributed by atoms with Gasteiger partial charge in [-0.2, -0.15) is 0 Å². The Balaban J connectivity index is 2.20. The lowest BCUT2D eigenvalue weighted by atomic mass is 9.92. The number of nitrogens with zero attached hydrogens (tertiary/aromatic N) is 1. The summed E-state index contributed by atoms with van der Waals surface area (Å²) in [5, 5.41) is 1.19. The summed E-state index contributed by atoms with van der Waals surface area (Å²) >= 11 is 0. The fraction of sp³-hybridized carbons (Fsp3) is 0.312. The van der Waals surface area contributed by atoms with E-state index in [1.54, 1.807) is 0 Å². The van der Waals surface area contributed by atoms with E-state index in [-0.39, 0.29) is 0 Å². The first-order chi connectivity index (χ1) is 8.04. The Kier molecular flexibility index (Phi) is 3.28. The van der Waals surface area contributed by atoms with E-state index in [9.17, 15) is 0 Å². The molecule has 1 aromatic heterocycles. The van der Waals surface area contributed by atoms with Gasteiger partial charge in [0.2, 0.25) is 0 Å². The van der Waals surface area contributed by atoms with Crippen LogP contribution in [0.1, 0.15) is 32.9 Å². The van der Waals surface area contributed by atoms with Crippen LogP contribution in [-0.2, 0) is 0 Å². The van der Waals surface area contributed by atoms with Crippen LogP contribution < -0.4 is 0 Å². The van der Waals surface area contributed by atoms with Crippen LogP contribution in [0.2, 0.25) is 0 Å². The van der Waals surface area contributed by atoms with Crippen molar-refractivity contribution in [2.75, 3.05) is 0 Å². The van der Waals surface area contributed by atoms with Crippen molar-refractivity contribution < 1.29 is 0 Å². The zero-order chi connectivity index (χ0) is 12.3. The molecule has 88 valence electrons. The smallest absolute Gasteiger partial charge is 0.0709 e. The molecule has 0 aliphatic carbocycles. The quantitative estimate of drug-likeness (QED) is 0.723. The Morgan fingerprint density at radius 1 is 1.06 bits per heavy atom. The highest BCUT2D eigenvalue weighted by molar-refractivity contribution is 5.79. The molecule has 1 aromatic carbocycles. The van der Waals surface area contributed by atoms with E-state index in [1.807, 2.05) is 12.1 Å². The minimum Gasteiger partial charge on any atom is -0.248 e. The van der Waals surface area contributed by atoms with Gasteiger partial charge in [-0.3, -0.25) is 0 Å². The Bertz CT molecular complexity index is 532. The van der Waals surface area contributed by atoms with Crippen LogP contribution in [0.15, 0.2) is 42.5 Å². The summed E-state index contributed by atoms with van der Waals surface area (Å²) in [6.45, 7) is 6.72. The van der Waals surface area contributed by atoms with E-state index in [1.165, 1.54) is 5.39 Å². The second-order valence-electron chi connectivity index (χ2n) is 5.60. The average molecular weight is 225 g/mol. The number of rotatable bonds is 2. The fourth-order valence-corrected chi connectivity index (χ4v) is 1.71. The SMILES string of the molecule is CC(C)(C)C/C=C/c1ccc2ccccc2n1. The number of benzene rings is 1. The maximum Gasteiger partial charge on any atom is 0.0709 e. The van der Waals surface area contributed by atoms with Gasteiger partial charge in [0.15, 0.2) is 0 Å². The van der Waals surface area contributed by atoms with Crippen molar-refractivity contribution in [1.82, 2.24) is 4.98 Å². The average Bonchev–Trinajstić information content (AvgIpc) is 2.27. The lowest BCUT2D eigenvalue weighted by Crippen LogP contribution is -2.01. The molecule has 2 aromatic rings. The van der Waals surface area contributed by atoms with Crippen LogP contribution in [0.4, 0.5) is 0 Å². The van der Waals surface area contributed by atoms with E-state index in [2.05, 4.69) is 62.2 Å². The molecule has 0 bridgehead atoms. The molecule has 0 amide bonds. The van der Waals surface area contributed by atoms with Crippen LogP contribution in [-0.4, -0.2) is 4.98 Å². The van der Waals surface area contributed by atoms with Gasteiger partial charge in [0.1, 0.15) is 0 Å². The van der Waals surface area contributed by atoms with Crippen LogP contribution >= 0.6 is 0 Å². The van der Waals surface area contributed by atoms with E-state index in [0.717, 1.165) is 17.6 Å². The van der Waals surface area contributed by atoms with Crippen molar-refractivity contribution in [2.45, 2.75) is 27.2 Å². The van der Waals surface area contributed by atoms with Crippen LogP contribution in [0, 0.1) is 5.41 Å². The second kappa shape index (κ2) is 4.70. The number of hydrogen-bond donors (Lipinski definition) is 0. The maximum absolute atomic E-state index is 4.61. The normalized spacial score (nSPS) is 12.4. The number of allylic oxidation sites excluding steroid dienone is 1. The molecule has 1 heterocycles. The molecule has 1 heteroatoms. The predicted molar refractivity (Wildman–Crippen MR) is 74.8 cm³/mol. The third kappa shape index (κ3) is 3.42. The molecule has 0 saturated heterocycles. The van der Waals surface area contributed by atoms with E-state index < -0.39 is 0 Å². The number of aromatic nitrogens is 1. The summed E-state index contributed by atoms with van der Waals surface area (Å²) in [6.07, 6.45) is 5.39. The molecule has 0 fully saturated rings. The maximum atomic E-state index is 4.61. The molecule has 0 radical (unpaired) electrons. The van der Waals surface area contributed by atoms with E-state index in [0.29, 0.717) is 5.41 Å². The van der Waals surface area contributed by atoms with Gasteiger partial charge in [-0.1, -0.05) is 51.1 Å². The number of fused-ring (bicyclic) bond motifs is 1. The summed E-state index contributed by atoms with van der Waals surface area (Å²) < 4.78 is 0. The largest absolute Gasteiger partial charge is 0.248 e. The van der Waals surface area contributed by atoms with Gasteiger partial charge < -0.3 is 0 Å². The summed E-state index contributed by atoms with van der Waals surface area (Å²) in [5.74, 6) is 0. The van der Waals surface area contributed by atoms with Crippen LogP contribution in [0.3, 0.4) is 0 Å². The van der Waals surface area contributed by atoms with Crippen molar-refractivity contribution in [1.29, 1.82) is 0 Å². The standard InChI is InChI=1S/C16H19N/c1-16(2,3)12-6-8-14-11-10-13-7-4-5-9-15(13)17-14/h4-11H,12H2,1-3H3/b8-6+. The number of para-hydroxylation sites is 1. The highest BCUT2D eigenvalue weighted by Gasteiger charge is 2.06. The molecule has 0 atom stereocenters. The van der Waals surface area contributed by atoms with Crippen molar-refractivity contribution in [2.24, 2.45) is 5.41 Å². The molecule has 0 spiro atoms. The topological polar surface area (TPSA) is 12.9 Å². The highest BCUT2D eigenvalue weighted by atomic mass is 14.7. The lowest BCUT2D eigenvalue weighted by molar-refractivity contribution is 0.421. The van der Waals surface area contributed by atoms with E-state index >= 15 is 0 Å². The first kappa shape index (κ1) is 11.8. The van der Waals surface area contributed by atoms with Gasteiger partial charge >= 0.3 is 0 Å². The number of hydrogen-bond acceptors (Lipinski definition) is 1. The molecule has 17 heavy (non-hydrogen) atoms. The van der Waals surface area contributed by atoms with Crippen LogP contribution in [0.25, 0.3) is 17.0 Å². The monoisotopic (exact) mass is 225 g/mol. The van der Waals surface area contributed by atoms with Gasteiger partial charge in [-0.25, -0.2) is 4.98 Å². The zero-order valence-corrected chi connectivity index (χ0v) is 10.8. The van der Waals surface area contributed by atoms with Crippen molar-refractivity contribution in [3.8, 4) is 0 Å². The summed E-state index contributed by atoms with van der Waals surface area (Å²) in [7, 11) is 0. The van der Waals surface area contributed by atoms with Gasteiger partial charge in [0, 0.05) is 5.39 Å². The molecule has 1 nitrogen and oxygen atoms in total. The first-order valence-electron chi connectivity index (χ1n) is 6.07. The fourth-order valence-electron chi connectivity index (χ4n) is 1.71. The molecule has 0 unspecified atom stereocenters. The Hall–Kier alpha value is -1.63. The molecular weight excluding hydrogens is 206 g/mol. The third-order valence-corrected chi connectivity index (χ3v) is 2.64. The highest BCUT2D eigenvalue weighted by Crippen LogP contribution is 2.20. The van der Waals surface area contributed by atoms with Gasteiger partial charge in [0.05, 0.1) is 11.2 Å². The number of pyridine rings is 1. The van der Waals surface area contributed by atoms with Gasteiger partial charge in [-0.15, -0.1) is 0 Å². The minimum absolute atomic E-state index is 0.341.